The van der Waals surface area contributed by atoms with E-state index in [-0.39, 0.29) is 17.1 Å². The topological polar surface area (TPSA) is 94.4 Å². The van der Waals surface area contributed by atoms with Gasteiger partial charge in [0.05, 0.1) is 17.6 Å². The number of hydrogen-bond donors (Lipinski definition) is 1. The average molecular weight is 319 g/mol. The van der Waals surface area contributed by atoms with E-state index in [0.717, 1.165) is 11.0 Å². The maximum atomic E-state index is 11.4. The second kappa shape index (κ2) is 6.90. The van der Waals surface area contributed by atoms with Crippen LogP contribution in [0.1, 0.15) is 10.4 Å². The van der Waals surface area contributed by atoms with Gasteiger partial charge in [-0.2, -0.15) is 0 Å². The standard InChI is InChI=1S/C14H13N3O4S/c1-21-14(18)9-7-12(17(19)20)13(15-8-9)16-10-3-5-11(22-2)6-4-10/h3-8H,1-2H3,(H,15,16). The molecule has 0 spiro atoms. The van der Waals surface area contributed by atoms with E-state index in [1.54, 1.807) is 23.9 Å². The van der Waals surface area contributed by atoms with Gasteiger partial charge in [0.1, 0.15) is 0 Å². The van der Waals surface area contributed by atoms with Crippen LogP contribution in [0.4, 0.5) is 17.2 Å². The van der Waals surface area contributed by atoms with Crippen LogP contribution in [0.5, 0.6) is 0 Å². The van der Waals surface area contributed by atoms with Gasteiger partial charge in [-0.15, -0.1) is 11.8 Å². The Hall–Kier alpha value is -2.61. The van der Waals surface area contributed by atoms with Crippen molar-refractivity contribution in [2.45, 2.75) is 4.90 Å². The number of ether oxygens (including phenoxy) is 1. The fourth-order valence-electron chi connectivity index (χ4n) is 1.73. The highest BCUT2D eigenvalue weighted by Crippen LogP contribution is 2.27. The lowest BCUT2D eigenvalue weighted by Crippen LogP contribution is -2.06. The minimum Gasteiger partial charge on any atom is -0.465 e. The number of carbonyl (C=O) groups is 1. The number of anilines is 2. The summed E-state index contributed by atoms with van der Waals surface area (Å²) in [6, 6.07) is 8.51. The molecule has 1 N–H and O–H groups in total. The van der Waals surface area contributed by atoms with Crippen LogP contribution in [0.25, 0.3) is 0 Å². The molecule has 2 aromatic rings. The summed E-state index contributed by atoms with van der Waals surface area (Å²) >= 11 is 1.60. The Morgan fingerprint density at radius 1 is 1.36 bits per heavy atom. The summed E-state index contributed by atoms with van der Waals surface area (Å²) in [7, 11) is 1.20. The molecule has 0 aliphatic heterocycles. The van der Waals surface area contributed by atoms with Gasteiger partial charge in [0.15, 0.2) is 0 Å². The Morgan fingerprint density at radius 2 is 2.05 bits per heavy atom. The van der Waals surface area contributed by atoms with E-state index in [0.29, 0.717) is 5.69 Å². The maximum absolute atomic E-state index is 11.4. The quantitative estimate of drug-likeness (QED) is 0.391. The number of rotatable bonds is 5. The predicted octanol–water partition coefficient (Wildman–Crippen LogP) is 3.24. The summed E-state index contributed by atoms with van der Waals surface area (Å²) in [4.78, 5) is 27.0. The maximum Gasteiger partial charge on any atom is 0.339 e. The van der Waals surface area contributed by atoms with E-state index < -0.39 is 10.9 Å². The van der Waals surface area contributed by atoms with Gasteiger partial charge in [0.2, 0.25) is 5.82 Å². The second-order valence-corrected chi connectivity index (χ2v) is 5.07. The molecule has 1 aromatic carbocycles. The smallest absolute Gasteiger partial charge is 0.339 e. The van der Waals surface area contributed by atoms with E-state index in [4.69, 9.17) is 0 Å². The number of pyridine rings is 1. The molecule has 22 heavy (non-hydrogen) atoms. The van der Waals surface area contributed by atoms with Gasteiger partial charge in [-0.25, -0.2) is 9.78 Å². The van der Waals surface area contributed by atoms with Gasteiger partial charge in [-0.3, -0.25) is 10.1 Å². The van der Waals surface area contributed by atoms with E-state index in [1.807, 2.05) is 18.4 Å². The third-order valence-electron chi connectivity index (χ3n) is 2.84. The van der Waals surface area contributed by atoms with Gasteiger partial charge in [0, 0.05) is 22.8 Å². The lowest BCUT2D eigenvalue weighted by atomic mass is 10.2. The first-order valence-corrected chi connectivity index (χ1v) is 7.41. The summed E-state index contributed by atoms with van der Waals surface area (Å²) in [5.41, 5.74) is 0.397. The molecular weight excluding hydrogens is 306 g/mol. The number of nitro groups is 1. The third-order valence-corrected chi connectivity index (χ3v) is 3.58. The van der Waals surface area contributed by atoms with Gasteiger partial charge < -0.3 is 10.1 Å². The second-order valence-electron chi connectivity index (χ2n) is 4.19. The van der Waals surface area contributed by atoms with Crippen molar-refractivity contribution in [2.24, 2.45) is 0 Å². The largest absolute Gasteiger partial charge is 0.465 e. The van der Waals surface area contributed by atoms with Crippen LogP contribution >= 0.6 is 11.8 Å². The number of hydrogen-bond acceptors (Lipinski definition) is 7. The average Bonchev–Trinajstić information content (AvgIpc) is 2.55. The summed E-state index contributed by atoms with van der Waals surface area (Å²) in [5, 5.41) is 14.0. The highest BCUT2D eigenvalue weighted by molar-refractivity contribution is 7.98. The molecule has 114 valence electrons. The van der Waals surface area contributed by atoms with E-state index in [9.17, 15) is 14.9 Å². The van der Waals surface area contributed by atoms with Crippen molar-refractivity contribution in [3.63, 3.8) is 0 Å². The summed E-state index contributed by atoms with van der Waals surface area (Å²) in [6.07, 6.45) is 3.19. The lowest BCUT2D eigenvalue weighted by molar-refractivity contribution is -0.384. The van der Waals surface area contributed by atoms with E-state index in [2.05, 4.69) is 15.0 Å². The van der Waals surface area contributed by atoms with Gasteiger partial charge in [0.25, 0.3) is 0 Å². The highest BCUT2D eigenvalue weighted by atomic mass is 32.2. The number of nitrogens with one attached hydrogen (secondary N) is 1. The van der Waals surface area contributed by atoms with Gasteiger partial charge in [-0.05, 0) is 30.5 Å². The van der Waals surface area contributed by atoms with Crippen LogP contribution < -0.4 is 5.32 Å². The number of benzene rings is 1. The normalized spacial score (nSPS) is 10.1. The van der Waals surface area contributed by atoms with Gasteiger partial charge in [-0.1, -0.05) is 0 Å². The van der Waals surface area contributed by atoms with Crippen molar-refractivity contribution < 1.29 is 14.5 Å². The van der Waals surface area contributed by atoms with Crippen molar-refractivity contribution in [2.75, 3.05) is 18.7 Å². The van der Waals surface area contributed by atoms with Crippen molar-refractivity contribution in [3.05, 3.63) is 52.2 Å². The molecule has 0 aliphatic carbocycles. The minimum absolute atomic E-state index is 0.0254. The first-order valence-electron chi connectivity index (χ1n) is 6.19. The van der Waals surface area contributed by atoms with Crippen LogP contribution in [-0.4, -0.2) is 29.2 Å². The molecule has 0 saturated carbocycles. The Balaban J connectivity index is 2.33. The van der Waals surface area contributed by atoms with Gasteiger partial charge >= 0.3 is 11.7 Å². The number of methoxy groups -OCH3 is 1. The van der Waals surface area contributed by atoms with Crippen molar-refractivity contribution in [3.8, 4) is 0 Å². The first-order chi connectivity index (χ1) is 10.5. The van der Waals surface area contributed by atoms with E-state index in [1.165, 1.54) is 13.3 Å². The molecule has 2 rings (SSSR count). The van der Waals surface area contributed by atoms with Crippen LogP contribution in [0.15, 0.2) is 41.4 Å². The molecule has 0 radical (unpaired) electrons. The Labute approximate surface area is 130 Å². The molecule has 8 heteroatoms. The lowest BCUT2D eigenvalue weighted by Gasteiger charge is -2.07. The molecule has 0 fully saturated rings. The zero-order valence-electron chi connectivity index (χ0n) is 11.9. The van der Waals surface area contributed by atoms with Crippen LogP contribution in [-0.2, 0) is 4.74 Å². The molecule has 7 nitrogen and oxygen atoms in total. The predicted molar refractivity (Wildman–Crippen MR) is 83.7 cm³/mol. The molecule has 1 aromatic heterocycles. The van der Waals surface area contributed by atoms with Crippen molar-refractivity contribution >= 4 is 34.9 Å². The Morgan fingerprint density at radius 3 is 2.59 bits per heavy atom. The zero-order valence-corrected chi connectivity index (χ0v) is 12.7. The monoisotopic (exact) mass is 319 g/mol. The first kappa shape index (κ1) is 15.8. The molecule has 0 amide bonds. The molecule has 0 saturated heterocycles. The molecular formula is C14H13N3O4S. The van der Waals surface area contributed by atoms with Crippen LogP contribution in [0, 0.1) is 10.1 Å². The Kier molecular flexibility index (Phi) is 4.95. The number of thioether (sulfide) groups is 1. The molecule has 0 atom stereocenters. The fraction of sp³-hybridized carbons (Fsp3) is 0.143. The number of esters is 1. The summed E-state index contributed by atoms with van der Waals surface area (Å²) in [5.74, 6) is -0.610. The molecule has 0 aliphatic rings. The number of carbonyl (C=O) groups excluding carboxylic acids is 1. The molecule has 1 heterocycles. The number of aromatic nitrogens is 1. The minimum atomic E-state index is -0.675. The summed E-state index contributed by atoms with van der Waals surface area (Å²) < 4.78 is 4.53. The van der Waals surface area contributed by atoms with Crippen molar-refractivity contribution in [1.82, 2.24) is 4.98 Å². The molecule has 0 unspecified atom stereocenters. The van der Waals surface area contributed by atoms with E-state index >= 15 is 0 Å². The van der Waals surface area contributed by atoms with Crippen molar-refractivity contribution in [1.29, 1.82) is 0 Å². The number of nitrogens with zero attached hydrogens (tertiary/aromatic N) is 2. The fourth-order valence-corrected chi connectivity index (χ4v) is 2.14. The summed E-state index contributed by atoms with van der Waals surface area (Å²) in [6.45, 7) is 0. The van der Waals surface area contributed by atoms with Crippen LogP contribution in [0.3, 0.4) is 0 Å². The third kappa shape index (κ3) is 3.53. The SMILES string of the molecule is COC(=O)c1cnc(Nc2ccc(SC)cc2)c([N+](=O)[O-])c1. The highest BCUT2D eigenvalue weighted by Gasteiger charge is 2.19. The Bertz CT molecular complexity index is 704. The molecule has 0 bridgehead atoms. The zero-order chi connectivity index (χ0) is 16.1. The van der Waals surface area contributed by atoms with Crippen LogP contribution in [0.2, 0.25) is 0 Å².